The molecule has 1 N–H and O–H groups in total. The van der Waals surface area contributed by atoms with E-state index in [0.717, 1.165) is 35.5 Å². The molecule has 1 amide bonds. The van der Waals surface area contributed by atoms with Crippen molar-refractivity contribution >= 4 is 27.5 Å². The second-order valence-corrected chi connectivity index (χ2v) is 8.20. The molecule has 1 aromatic carbocycles. The van der Waals surface area contributed by atoms with Crippen LogP contribution in [-0.4, -0.2) is 46.5 Å². The molecule has 0 aliphatic carbocycles. The van der Waals surface area contributed by atoms with Gasteiger partial charge in [0.15, 0.2) is 0 Å². The molecule has 1 fully saturated rings. The van der Waals surface area contributed by atoms with Gasteiger partial charge in [-0.2, -0.15) is 0 Å². The number of nitrogens with zero attached hydrogens (tertiary/aromatic N) is 3. The number of hydrogen-bond acceptors (Lipinski definition) is 5. The summed E-state index contributed by atoms with van der Waals surface area (Å²) in [7, 11) is 1.85. The van der Waals surface area contributed by atoms with E-state index >= 15 is 0 Å². The maximum Gasteiger partial charge on any atom is 0.262 e. The number of amides is 1. The molecule has 3 heterocycles. The molecule has 146 valence electrons. The first-order chi connectivity index (χ1) is 13.5. The molecule has 1 saturated heterocycles. The maximum absolute atomic E-state index is 13.1. The van der Waals surface area contributed by atoms with Crippen LogP contribution in [0.15, 0.2) is 40.8 Å². The highest BCUT2D eigenvalue weighted by atomic mass is 32.1. The lowest BCUT2D eigenvalue weighted by Gasteiger charge is -2.23. The van der Waals surface area contributed by atoms with E-state index in [1.54, 1.807) is 15.8 Å². The van der Waals surface area contributed by atoms with Gasteiger partial charge in [0, 0.05) is 43.5 Å². The quantitative estimate of drug-likeness (QED) is 0.720. The van der Waals surface area contributed by atoms with Crippen molar-refractivity contribution in [1.82, 2.24) is 19.8 Å². The van der Waals surface area contributed by atoms with E-state index in [1.165, 1.54) is 16.9 Å². The third-order valence-electron chi connectivity index (χ3n) is 5.47. The minimum absolute atomic E-state index is 0.0600. The van der Waals surface area contributed by atoms with Gasteiger partial charge in [0.1, 0.15) is 4.83 Å². The molecule has 28 heavy (non-hydrogen) atoms. The number of benzene rings is 1. The van der Waals surface area contributed by atoms with Gasteiger partial charge in [-0.15, -0.1) is 11.3 Å². The van der Waals surface area contributed by atoms with Crippen LogP contribution in [-0.2, 0) is 11.3 Å². The van der Waals surface area contributed by atoms with Gasteiger partial charge in [0.05, 0.1) is 11.7 Å². The molecule has 2 aromatic heterocycles. The monoisotopic (exact) mass is 396 g/mol. The Kier molecular flexibility index (Phi) is 5.28. The third kappa shape index (κ3) is 3.59. The summed E-state index contributed by atoms with van der Waals surface area (Å²) in [6.45, 7) is 4.17. The summed E-state index contributed by atoms with van der Waals surface area (Å²) >= 11 is 1.48. The highest BCUT2D eigenvalue weighted by Gasteiger charge is 2.23. The minimum atomic E-state index is -0.0835. The highest BCUT2D eigenvalue weighted by Crippen LogP contribution is 2.30. The number of thiophene rings is 1. The summed E-state index contributed by atoms with van der Waals surface area (Å²) in [5, 5.41) is 5.90. The summed E-state index contributed by atoms with van der Waals surface area (Å²) in [6, 6.07) is 8.39. The van der Waals surface area contributed by atoms with Crippen molar-refractivity contribution in [2.24, 2.45) is 0 Å². The SMILES string of the molecule is Cc1ccc(-c2csc3ncn(CCC(=O)N(C)C4CCNC4)c(=O)c23)cc1. The molecule has 3 aromatic rings. The van der Waals surface area contributed by atoms with E-state index in [4.69, 9.17) is 0 Å². The van der Waals surface area contributed by atoms with E-state index < -0.39 is 0 Å². The van der Waals surface area contributed by atoms with Gasteiger partial charge in [0.2, 0.25) is 5.91 Å². The van der Waals surface area contributed by atoms with Crippen molar-refractivity contribution in [1.29, 1.82) is 0 Å². The average Bonchev–Trinajstić information content (AvgIpc) is 3.37. The molecular formula is C21H24N4O2S. The number of rotatable bonds is 5. The number of aromatic nitrogens is 2. The predicted molar refractivity (Wildman–Crippen MR) is 113 cm³/mol. The lowest BCUT2D eigenvalue weighted by Crippen LogP contribution is -2.39. The van der Waals surface area contributed by atoms with Crippen molar-refractivity contribution in [3.63, 3.8) is 0 Å². The number of carbonyl (C=O) groups excluding carboxylic acids is 1. The second kappa shape index (κ2) is 7.85. The van der Waals surface area contributed by atoms with Crippen LogP contribution in [0.3, 0.4) is 0 Å². The van der Waals surface area contributed by atoms with E-state index in [1.807, 2.05) is 43.6 Å². The summed E-state index contributed by atoms with van der Waals surface area (Å²) in [5.41, 5.74) is 3.02. The zero-order valence-corrected chi connectivity index (χ0v) is 17.0. The molecule has 6 nitrogen and oxygen atoms in total. The van der Waals surface area contributed by atoms with Crippen molar-refractivity contribution < 1.29 is 4.79 Å². The number of hydrogen-bond donors (Lipinski definition) is 1. The first-order valence-corrected chi connectivity index (χ1v) is 10.4. The van der Waals surface area contributed by atoms with Crippen molar-refractivity contribution in [3.05, 3.63) is 51.9 Å². The first-order valence-electron chi connectivity index (χ1n) is 9.54. The van der Waals surface area contributed by atoms with Crippen LogP contribution in [0.5, 0.6) is 0 Å². The molecule has 1 unspecified atom stereocenters. The predicted octanol–water partition coefficient (Wildman–Crippen LogP) is 2.64. The van der Waals surface area contributed by atoms with E-state index in [-0.39, 0.29) is 17.5 Å². The van der Waals surface area contributed by atoms with Gasteiger partial charge in [-0.25, -0.2) is 4.98 Å². The standard InChI is InChI=1S/C21H24N4O2S/c1-14-3-5-15(6-4-14)17-12-28-20-19(17)21(27)25(13-23-20)10-8-18(26)24(2)16-7-9-22-11-16/h3-6,12-13,16,22H,7-11H2,1-2H3. The Balaban J connectivity index is 1.57. The van der Waals surface area contributed by atoms with E-state index in [9.17, 15) is 9.59 Å². The lowest BCUT2D eigenvalue weighted by atomic mass is 10.1. The normalized spacial score (nSPS) is 16.6. The molecule has 1 atom stereocenters. The molecule has 7 heteroatoms. The van der Waals surface area contributed by atoms with Gasteiger partial charge >= 0.3 is 0 Å². The van der Waals surface area contributed by atoms with Gasteiger partial charge in [-0.1, -0.05) is 29.8 Å². The Bertz CT molecular complexity index is 1050. The highest BCUT2D eigenvalue weighted by molar-refractivity contribution is 7.17. The molecule has 0 saturated carbocycles. The van der Waals surface area contributed by atoms with Crippen LogP contribution in [0.1, 0.15) is 18.4 Å². The van der Waals surface area contributed by atoms with Gasteiger partial charge < -0.3 is 10.2 Å². The average molecular weight is 397 g/mol. The number of nitrogens with one attached hydrogen (secondary N) is 1. The fraction of sp³-hybridized carbons (Fsp3) is 0.381. The van der Waals surface area contributed by atoms with Crippen LogP contribution < -0.4 is 10.9 Å². The summed E-state index contributed by atoms with van der Waals surface area (Å²) < 4.78 is 1.56. The smallest absolute Gasteiger partial charge is 0.262 e. The largest absolute Gasteiger partial charge is 0.341 e. The van der Waals surface area contributed by atoms with Gasteiger partial charge in [0.25, 0.3) is 5.56 Å². The van der Waals surface area contributed by atoms with Crippen LogP contribution in [0.4, 0.5) is 0 Å². The number of likely N-dealkylation sites (N-methyl/N-ethyl adjacent to an activating group) is 1. The maximum atomic E-state index is 13.1. The Hall–Kier alpha value is -2.51. The Labute approximate surface area is 167 Å². The fourth-order valence-electron chi connectivity index (χ4n) is 3.64. The van der Waals surface area contributed by atoms with Crippen LogP contribution in [0, 0.1) is 6.92 Å². The molecule has 0 spiro atoms. The number of fused-ring (bicyclic) bond motifs is 1. The molecule has 0 radical (unpaired) electrons. The molecule has 0 bridgehead atoms. The van der Waals surface area contributed by atoms with Crippen molar-refractivity contribution in [2.75, 3.05) is 20.1 Å². The van der Waals surface area contributed by atoms with Crippen LogP contribution >= 0.6 is 11.3 Å². The topological polar surface area (TPSA) is 67.2 Å². The second-order valence-electron chi connectivity index (χ2n) is 7.34. The van der Waals surface area contributed by atoms with Gasteiger partial charge in [-0.3, -0.25) is 14.2 Å². The van der Waals surface area contributed by atoms with Crippen molar-refractivity contribution in [3.8, 4) is 11.1 Å². The van der Waals surface area contributed by atoms with Gasteiger partial charge in [-0.05, 0) is 25.5 Å². The zero-order valence-electron chi connectivity index (χ0n) is 16.1. The number of aryl methyl sites for hydroxylation is 2. The lowest BCUT2D eigenvalue weighted by molar-refractivity contribution is -0.131. The Morgan fingerprint density at radius 3 is 2.86 bits per heavy atom. The zero-order chi connectivity index (χ0) is 19.7. The van der Waals surface area contributed by atoms with E-state index in [0.29, 0.717) is 18.4 Å². The molecule has 4 rings (SSSR count). The number of carbonyl (C=O) groups is 1. The molecule has 1 aliphatic heterocycles. The van der Waals surface area contributed by atoms with Crippen LogP contribution in [0.25, 0.3) is 21.3 Å². The fourth-order valence-corrected chi connectivity index (χ4v) is 4.55. The first kappa shape index (κ1) is 18.8. The van der Waals surface area contributed by atoms with Crippen LogP contribution in [0.2, 0.25) is 0 Å². The van der Waals surface area contributed by atoms with E-state index in [2.05, 4.69) is 10.3 Å². The minimum Gasteiger partial charge on any atom is -0.341 e. The van der Waals surface area contributed by atoms with Crippen molar-refractivity contribution in [2.45, 2.75) is 32.4 Å². The Morgan fingerprint density at radius 1 is 1.36 bits per heavy atom. The summed E-state index contributed by atoms with van der Waals surface area (Å²) in [6.07, 6.45) is 2.83. The molecular weight excluding hydrogens is 372 g/mol. The molecule has 1 aliphatic rings. The third-order valence-corrected chi connectivity index (χ3v) is 6.35. The summed E-state index contributed by atoms with van der Waals surface area (Å²) in [4.78, 5) is 32.6. The Morgan fingerprint density at radius 2 is 2.14 bits per heavy atom. The summed E-state index contributed by atoms with van der Waals surface area (Å²) in [5.74, 6) is 0.0600.